The molecular formula is C25H21ClN2O6S. The average Bonchev–Trinajstić information content (AvgIpc) is 3.27. The summed E-state index contributed by atoms with van der Waals surface area (Å²) < 4.78 is 16.9. The number of furan rings is 1. The van der Waals surface area contributed by atoms with Crippen LogP contribution in [0.15, 0.2) is 74.6 Å². The first-order valence-corrected chi connectivity index (χ1v) is 11.9. The van der Waals surface area contributed by atoms with Crippen molar-refractivity contribution in [3.8, 4) is 11.5 Å². The van der Waals surface area contributed by atoms with E-state index in [0.29, 0.717) is 34.8 Å². The molecule has 3 aromatic rings. The monoisotopic (exact) mass is 512 g/mol. The Labute approximate surface area is 210 Å². The standard InChI is InChI=1S/C25H21ClN2O6S/c1-3-32-16-7-11-21(33-4-2)20(14-16)28-24(30)19(23(29)27-25(28)31)13-17-8-12-22(34-17)35-18-9-5-15(26)6-10-18/h5-14H,3-4H2,1-2H3,(H,27,29,31)/b19-13+. The van der Waals surface area contributed by atoms with E-state index in [1.807, 2.05) is 19.1 Å². The molecule has 10 heteroatoms. The first-order chi connectivity index (χ1) is 16.9. The zero-order valence-electron chi connectivity index (χ0n) is 18.9. The lowest BCUT2D eigenvalue weighted by Crippen LogP contribution is -2.54. The first kappa shape index (κ1) is 24.4. The van der Waals surface area contributed by atoms with Crippen molar-refractivity contribution < 1.29 is 28.3 Å². The maximum absolute atomic E-state index is 13.3. The van der Waals surface area contributed by atoms with Gasteiger partial charge in [-0.1, -0.05) is 23.4 Å². The van der Waals surface area contributed by atoms with Gasteiger partial charge in [-0.3, -0.25) is 14.9 Å². The lowest BCUT2D eigenvalue weighted by Gasteiger charge is -2.28. The summed E-state index contributed by atoms with van der Waals surface area (Å²) in [5.41, 5.74) is -0.0941. The van der Waals surface area contributed by atoms with Crippen LogP contribution in [0.1, 0.15) is 19.6 Å². The van der Waals surface area contributed by atoms with E-state index in [9.17, 15) is 14.4 Å². The van der Waals surface area contributed by atoms with Crippen molar-refractivity contribution >= 4 is 53.0 Å². The van der Waals surface area contributed by atoms with Crippen molar-refractivity contribution in [2.45, 2.75) is 23.8 Å². The molecule has 1 fully saturated rings. The molecule has 1 aliphatic heterocycles. The largest absolute Gasteiger partial charge is 0.494 e. The number of anilines is 1. The quantitative estimate of drug-likeness (QED) is 0.312. The lowest BCUT2D eigenvalue weighted by atomic mass is 10.1. The number of barbiturate groups is 1. The van der Waals surface area contributed by atoms with E-state index in [0.717, 1.165) is 9.80 Å². The Kier molecular flexibility index (Phi) is 7.48. The fraction of sp³-hybridized carbons (Fsp3) is 0.160. The smallest absolute Gasteiger partial charge is 0.336 e. The van der Waals surface area contributed by atoms with Gasteiger partial charge in [0.2, 0.25) is 0 Å². The maximum Gasteiger partial charge on any atom is 0.336 e. The van der Waals surface area contributed by atoms with Gasteiger partial charge in [-0.05, 0) is 68.5 Å². The molecule has 0 aliphatic carbocycles. The van der Waals surface area contributed by atoms with Crippen LogP contribution in [0.3, 0.4) is 0 Å². The number of amides is 4. The molecule has 2 aromatic carbocycles. The molecule has 2 heterocycles. The van der Waals surface area contributed by atoms with Crippen molar-refractivity contribution in [2.75, 3.05) is 18.1 Å². The van der Waals surface area contributed by atoms with Crippen LogP contribution in [-0.4, -0.2) is 31.1 Å². The van der Waals surface area contributed by atoms with Crippen LogP contribution in [0.25, 0.3) is 6.08 Å². The summed E-state index contributed by atoms with van der Waals surface area (Å²) in [6, 6.07) is 14.5. The van der Waals surface area contributed by atoms with Gasteiger partial charge >= 0.3 is 6.03 Å². The highest BCUT2D eigenvalue weighted by molar-refractivity contribution is 7.99. The van der Waals surface area contributed by atoms with Gasteiger partial charge in [0.1, 0.15) is 22.8 Å². The van der Waals surface area contributed by atoms with Crippen LogP contribution in [0.4, 0.5) is 10.5 Å². The maximum atomic E-state index is 13.3. The molecule has 0 saturated carbocycles. The number of halogens is 1. The van der Waals surface area contributed by atoms with Gasteiger partial charge in [0, 0.05) is 16.0 Å². The van der Waals surface area contributed by atoms with Crippen molar-refractivity contribution in [3.05, 3.63) is 71.0 Å². The zero-order chi connectivity index (χ0) is 24.9. The van der Waals surface area contributed by atoms with Gasteiger partial charge in [-0.25, -0.2) is 9.69 Å². The minimum atomic E-state index is -0.884. The highest BCUT2D eigenvalue weighted by Crippen LogP contribution is 2.35. The molecule has 0 bridgehead atoms. The van der Waals surface area contributed by atoms with E-state index in [4.69, 9.17) is 25.5 Å². The second kappa shape index (κ2) is 10.7. The first-order valence-electron chi connectivity index (χ1n) is 10.7. The van der Waals surface area contributed by atoms with Gasteiger partial charge in [-0.2, -0.15) is 0 Å². The summed E-state index contributed by atoms with van der Waals surface area (Å²) >= 11 is 7.28. The van der Waals surface area contributed by atoms with E-state index in [1.165, 1.54) is 23.9 Å². The van der Waals surface area contributed by atoms with Crippen molar-refractivity contribution in [1.29, 1.82) is 0 Å². The van der Waals surface area contributed by atoms with Crippen LogP contribution in [0, 0.1) is 0 Å². The van der Waals surface area contributed by atoms with Gasteiger partial charge in [0.05, 0.1) is 18.9 Å². The molecule has 0 unspecified atom stereocenters. The summed E-state index contributed by atoms with van der Waals surface area (Å²) in [4.78, 5) is 40.3. The van der Waals surface area contributed by atoms with E-state index in [-0.39, 0.29) is 17.0 Å². The van der Waals surface area contributed by atoms with Crippen LogP contribution < -0.4 is 19.7 Å². The number of carbonyl (C=O) groups is 3. The van der Waals surface area contributed by atoms with Crippen LogP contribution in [0.2, 0.25) is 5.02 Å². The minimum absolute atomic E-state index is 0.164. The molecule has 35 heavy (non-hydrogen) atoms. The number of urea groups is 1. The van der Waals surface area contributed by atoms with E-state index in [2.05, 4.69) is 5.32 Å². The Hall–Kier alpha value is -3.69. The topological polar surface area (TPSA) is 98.1 Å². The Bertz CT molecular complexity index is 1300. The summed E-state index contributed by atoms with van der Waals surface area (Å²) in [7, 11) is 0. The summed E-state index contributed by atoms with van der Waals surface area (Å²) in [5, 5.41) is 3.38. The van der Waals surface area contributed by atoms with Crippen LogP contribution in [0.5, 0.6) is 11.5 Å². The van der Waals surface area contributed by atoms with E-state index >= 15 is 0 Å². The second-order valence-corrected chi connectivity index (χ2v) is 8.68. The molecule has 4 amide bonds. The third-order valence-corrected chi connectivity index (χ3v) is 5.99. The van der Waals surface area contributed by atoms with Crippen molar-refractivity contribution in [3.63, 3.8) is 0 Å². The molecule has 1 saturated heterocycles. The fourth-order valence-electron chi connectivity index (χ4n) is 3.31. The molecule has 4 rings (SSSR count). The second-order valence-electron chi connectivity index (χ2n) is 7.17. The van der Waals surface area contributed by atoms with Gasteiger partial charge < -0.3 is 13.9 Å². The molecule has 8 nitrogen and oxygen atoms in total. The molecule has 1 aliphatic rings. The lowest BCUT2D eigenvalue weighted by molar-refractivity contribution is -0.122. The number of carbonyl (C=O) groups excluding carboxylic acids is 3. The van der Waals surface area contributed by atoms with Crippen LogP contribution in [-0.2, 0) is 9.59 Å². The highest BCUT2D eigenvalue weighted by atomic mass is 35.5. The SMILES string of the molecule is CCOc1ccc(OCC)c(N2C(=O)NC(=O)/C(=C\c3ccc(Sc4ccc(Cl)cc4)o3)C2=O)c1. The normalized spacial score (nSPS) is 14.9. The number of hydrogen-bond donors (Lipinski definition) is 1. The molecule has 0 spiro atoms. The molecule has 0 atom stereocenters. The molecule has 1 aromatic heterocycles. The number of imide groups is 2. The third kappa shape index (κ3) is 5.52. The Morgan fingerprint density at radius 3 is 2.46 bits per heavy atom. The van der Waals surface area contributed by atoms with Crippen LogP contribution >= 0.6 is 23.4 Å². The Balaban J connectivity index is 1.64. The van der Waals surface area contributed by atoms with Crippen molar-refractivity contribution in [1.82, 2.24) is 5.32 Å². The number of ether oxygens (including phenoxy) is 2. The summed E-state index contributed by atoms with van der Waals surface area (Å²) in [6.45, 7) is 4.31. The van der Waals surface area contributed by atoms with E-state index in [1.54, 1.807) is 43.3 Å². The minimum Gasteiger partial charge on any atom is -0.494 e. The number of nitrogens with zero attached hydrogens (tertiary/aromatic N) is 1. The van der Waals surface area contributed by atoms with E-state index < -0.39 is 17.8 Å². The molecule has 1 N–H and O–H groups in total. The van der Waals surface area contributed by atoms with Gasteiger partial charge in [0.15, 0.2) is 5.09 Å². The number of nitrogens with one attached hydrogen (secondary N) is 1. The number of hydrogen-bond acceptors (Lipinski definition) is 7. The third-order valence-electron chi connectivity index (χ3n) is 4.80. The fourth-order valence-corrected chi connectivity index (χ4v) is 4.21. The highest BCUT2D eigenvalue weighted by Gasteiger charge is 2.38. The molecule has 0 radical (unpaired) electrons. The molecule has 180 valence electrons. The summed E-state index contributed by atoms with van der Waals surface area (Å²) in [6.07, 6.45) is 1.30. The number of benzene rings is 2. The average molecular weight is 513 g/mol. The Morgan fingerprint density at radius 1 is 1.00 bits per heavy atom. The predicted octanol–water partition coefficient (Wildman–Crippen LogP) is 5.55. The Morgan fingerprint density at radius 2 is 1.74 bits per heavy atom. The molecular weight excluding hydrogens is 492 g/mol. The van der Waals surface area contributed by atoms with Gasteiger partial charge in [0.25, 0.3) is 11.8 Å². The summed E-state index contributed by atoms with van der Waals surface area (Å²) in [5.74, 6) is -0.603. The number of rotatable bonds is 8. The zero-order valence-corrected chi connectivity index (χ0v) is 20.4. The van der Waals surface area contributed by atoms with Gasteiger partial charge in [-0.15, -0.1) is 0 Å². The predicted molar refractivity (Wildman–Crippen MR) is 132 cm³/mol. The van der Waals surface area contributed by atoms with Crippen molar-refractivity contribution in [2.24, 2.45) is 0 Å².